The average Bonchev–Trinajstić information content (AvgIpc) is 3.66. The second-order valence-corrected chi connectivity index (χ2v) is 16.1. The number of imide groups is 2. The van der Waals surface area contributed by atoms with Crippen LogP contribution < -0.4 is 20.3 Å². The summed E-state index contributed by atoms with van der Waals surface area (Å²) >= 11 is 6.17. The number of nitrogens with one attached hydrogen (secondary N) is 2. The average molecular weight is 749 g/mol. The Morgan fingerprint density at radius 2 is 1.63 bits per heavy atom. The van der Waals surface area contributed by atoms with Crippen LogP contribution in [0.25, 0.3) is 0 Å². The normalized spacial score (nSPS) is 23.7. The maximum atomic E-state index is 13.3. The fourth-order valence-electron chi connectivity index (χ4n) is 8.53. The fraction of sp³-hybridized carbons (Fsp3) is 0.415. The molecule has 5 aliphatic rings. The number of hydrogen-bond donors (Lipinski definition) is 2. The summed E-state index contributed by atoms with van der Waals surface area (Å²) in [7, 11) is 0. The van der Waals surface area contributed by atoms with Crippen molar-refractivity contribution in [3.05, 3.63) is 93.0 Å². The number of amides is 5. The number of piperidine rings is 2. The topological polar surface area (TPSA) is 152 Å². The smallest absolute Gasteiger partial charge is 0.262 e. The van der Waals surface area contributed by atoms with Gasteiger partial charge in [0, 0.05) is 74.3 Å². The largest absolute Gasteiger partial charge is 0.490 e. The standard InChI is InChI=1S/C41H41ClN6O6/c1-41(2)34(18-35(41)54-29-8-5-25(19-43)32(42)17-29)44-37(50)24-3-6-28(7-4-24)47-13-11-23(12-14-47)20-46-21-26-15-30-31(16-27(26)22-46)40(53)48(39(30)52)33-9-10-36(49)45-38(33)51/h3-8,15-17,23,33-35H,9-14,18,20-22H2,1-2H3,(H,44,50)(H,45,49,51)/t33-,34+,35+/m1/s1. The minimum absolute atomic E-state index is 0.0489. The molecule has 0 unspecified atom stereocenters. The third kappa shape index (κ3) is 6.49. The summed E-state index contributed by atoms with van der Waals surface area (Å²) in [6, 6.07) is 17.5. The highest BCUT2D eigenvalue weighted by molar-refractivity contribution is 6.31. The molecule has 0 bridgehead atoms. The molecule has 0 spiro atoms. The van der Waals surface area contributed by atoms with Crippen LogP contribution in [0.2, 0.25) is 5.02 Å². The van der Waals surface area contributed by atoms with Gasteiger partial charge in [-0.05, 0) is 84.8 Å². The highest BCUT2D eigenvalue weighted by Crippen LogP contribution is 2.44. The van der Waals surface area contributed by atoms with Crippen LogP contribution in [0, 0.1) is 22.7 Å². The van der Waals surface area contributed by atoms with Crippen molar-refractivity contribution >= 4 is 46.8 Å². The minimum atomic E-state index is -0.964. The number of rotatable bonds is 8. The van der Waals surface area contributed by atoms with E-state index >= 15 is 0 Å². The highest BCUT2D eigenvalue weighted by atomic mass is 35.5. The molecule has 3 fully saturated rings. The van der Waals surface area contributed by atoms with E-state index in [-0.39, 0.29) is 36.3 Å². The van der Waals surface area contributed by atoms with Gasteiger partial charge in [0.05, 0.1) is 21.7 Å². The van der Waals surface area contributed by atoms with E-state index in [1.165, 1.54) is 0 Å². The number of halogens is 1. The van der Waals surface area contributed by atoms with Crippen molar-refractivity contribution in [1.82, 2.24) is 20.4 Å². The van der Waals surface area contributed by atoms with E-state index in [4.69, 9.17) is 21.6 Å². The molecule has 0 radical (unpaired) electrons. The molecule has 1 aliphatic carbocycles. The van der Waals surface area contributed by atoms with Gasteiger partial charge in [-0.1, -0.05) is 25.4 Å². The summed E-state index contributed by atoms with van der Waals surface area (Å²) in [5.41, 5.74) is 4.54. The second-order valence-electron chi connectivity index (χ2n) is 15.7. The predicted molar refractivity (Wildman–Crippen MR) is 199 cm³/mol. The van der Waals surface area contributed by atoms with Crippen LogP contribution in [0.15, 0.2) is 54.6 Å². The summed E-state index contributed by atoms with van der Waals surface area (Å²) in [4.78, 5) is 69.6. The van der Waals surface area contributed by atoms with Gasteiger partial charge in [-0.15, -0.1) is 0 Å². The molecule has 3 atom stereocenters. The third-order valence-electron chi connectivity index (χ3n) is 12.0. The molecule has 0 aromatic heterocycles. The van der Waals surface area contributed by atoms with Gasteiger partial charge in [-0.3, -0.25) is 39.1 Å². The summed E-state index contributed by atoms with van der Waals surface area (Å²) in [5.74, 6) is -0.942. The first-order chi connectivity index (χ1) is 25.9. The molecule has 2 saturated heterocycles. The van der Waals surface area contributed by atoms with Gasteiger partial charge in [0.25, 0.3) is 17.7 Å². The Kier molecular flexibility index (Phi) is 9.18. The molecule has 3 aromatic carbocycles. The Labute approximate surface area is 318 Å². The van der Waals surface area contributed by atoms with E-state index < -0.39 is 29.7 Å². The van der Waals surface area contributed by atoms with Crippen molar-refractivity contribution in [2.45, 2.75) is 77.2 Å². The predicted octanol–water partition coefficient (Wildman–Crippen LogP) is 4.82. The van der Waals surface area contributed by atoms with Crippen LogP contribution >= 0.6 is 11.6 Å². The quantitative estimate of drug-likeness (QED) is 0.309. The molecule has 54 heavy (non-hydrogen) atoms. The first kappa shape index (κ1) is 35.8. The Balaban J connectivity index is 0.802. The van der Waals surface area contributed by atoms with Crippen molar-refractivity contribution < 1.29 is 28.7 Å². The van der Waals surface area contributed by atoms with Crippen molar-refractivity contribution in [2.24, 2.45) is 11.3 Å². The van der Waals surface area contributed by atoms with Crippen molar-refractivity contribution in [2.75, 3.05) is 24.5 Å². The summed E-state index contributed by atoms with van der Waals surface area (Å²) in [6.07, 6.45) is 2.85. The number of hydrogen-bond acceptors (Lipinski definition) is 9. The van der Waals surface area contributed by atoms with Gasteiger partial charge in [0.1, 0.15) is 24.0 Å². The molecular weight excluding hydrogens is 708 g/mol. The zero-order valence-electron chi connectivity index (χ0n) is 30.2. The molecule has 1 saturated carbocycles. The van der Waals surface area contributed by atoms with E-state index in [1.54, 1.807) is 18.2 Å². The van der Waals surface area contributed by atoms with Crippen molar-refractivity contribution in [3.63, 3.8) is 0 Å². The van der Waals surface area contributed by atoms with Crippen molar-refractivity contribution in [1.29, 1.82) is 5.26 Å². The minimum Gasteiger partial charge on any atom is -0.490 e. The van der Waals surface area contributed by atoms with Gasteiger partial charge in [-0.25, -0.2) is 0 Å². The number of nitriles is 1. The lowest BCUT2D eigenvalue weighted by Crippen LogP contribution is -2.63. The molecule has 3 aromatic rings. The van der Waals surface area contributed by atoms with E-state index in [2.05, 4.69) is 40.4 Å². The lowest BCUT2D eigenvalue weighted by Gasteiger charge is -2.51. The lowest BCUT2D eigenvalue weighted by molar-refractivity contribution is -0.136. The molecule has 2 N–H and O–H groups in total. The van der Waals surface area contributed by atoms with Crippen molar-refractivity contribution in [3.8, 4) is 11.8 Å². The Morgan fingerprint density at radius 3 is 2.22 bits per heavy atom. The monoisotopic (exact) mass is 748 g/mol. The SMILES string of the molecule is CC1(C)[C@@H](NC(=O)c2ccc(N3CCC(CN4Cc5cc6c(cc5C4)C(=O)N([C@@H]4CCC(=O)NC4=O)C6=O)CC3)cc2)C[C@@H]1Oc1ccc(C#N)c(Cl)c1. The molecule has 278 valence electrons. The van der Waals surface area contributed by atoms with Crippen LogP contribution in [0.3, 0.4) is 0 Å². The van der Waals surface area contributed by atoms with E-state index in [0.29, 0.717) is 58.5 Å². The number of carbonyl (C=O) groups excluding carboxylic acids is 5. The van der Waals surface area contributed by atoms with Gasteiger partial charge in [-0.2, -0.15) is 5.26 Å². The Bertz CT molecular complexity index is 2080. The maximum absolute atomic E-state index is 13.3. The summed E-state index contributed by atoms with van der Waals surface area (Å²) in [5, 5.41) is 14.9. The van der Waals surface area contributed by atoms with E-state index in [0.717, 1.165) is 54.2 Å². The van der Waals surface area contributed by atoms with E-state index in [1.807, 2.05) is 36.4 Å². The lowest BCUT2D eigenvalue weighted by atomic mass is 9.64. The number of nitrogens with zero attached hydrogens (tertiary/aromatic N) is 4. The highest BCUT2D eigenvalue weighted by Gasteiger charge is 2.51. The first-order valence-corrected chi connectivity index (χ1v) is 18.9. The number of anilines is 1. The molecule has 13 heteroatoms. The van der Waals surface area contributed by atoms with Crippen LogP contribution in [-0.2, 0) is 22.7 Å². The summed E-state index contributed by atoms with van der Waals surface area (Å²) < 4.78 is 6.16. The summed E-state index contributed by atoms with van der Waals surface area (Å²) in [6.45, 7) is 8.28. The van der Waals surface area contributed by atoms with Crippen LogP contribution in [0.1, 0.15) is 93.7 Å². The number of ether oxygens (including phenoxy) is 1. The van der Waals surface area contributed by atoms with E-state index in [9.17, 15) is 24.0 Å². The molecule has 5 amide bonds. The van der Waals surface area contributed by atoms with Gasteiger partial charge < -0.3 is 15.0 Å². The zero-order chi connectivity index (χ0) is 37.9. The number of fused-ring (bicyclic) bond motifs is 2. The molecular formula is C41H41ClN6O6. The zero-order valence-corrected chi connectivity index (χ0v) is 30.9. The number of benzene rings is 3. The molecule has 12 nitrogen and oxygen atoms in total. The van der Waals surface area contributed by atoms with Crippen LogP contribution in [-0.4, -0.2) is 77.2 Å². The molecule has 8 rings (SSSR count). The Hall–Kier alpha value is -5.25. The third-order valence-corrected chi connectivity index (χ3v) is 12.3. The molecule has 4 aliphatic heterocycles. The fourth-order valence-corrected chi connectivity index (χ4v) is 8.74. The number of carbonyl (C=O) groups is 5. The first-order valence-electron chi connectivity index (χ1n) is 18.5. The van der Waals surface area contributed by atoms with Gasteiger partial charge >= 0.3 is 0 Å². The van der Waals surface area contributed by atoms with Gasteiger partial charge in [0.15, 0.2) is 0 Å². The Morgan fingerprint density at radius 1 is 0.963 bits per heavy atom. The maximum Gasteiger partial charge on any atom is 0.262 e. The molecule has 4 heterocycles. The van der Waals surface area contributed by atoms with Crippen LogP contribution in [0.4, 0.5) is 5.69 Å². The second kappa shape index (κ2) is 13.9. The van der Waals surface area contributed by atoms with Crippen LogP contribution in [0.5, 0.6) is 5.75 Å². The van der Waals surface area contributed by atoms with Gasteiger partial charge in [0.2, 0.25) is 11.8 Å².